The van der Waals surface area contributed by atoms with Crippen LogP contribution in [-0.4, -0.2) is 46.0 Å². The molecule has 0 radical (unpaired) electrons. The van der Waals surface area contributed by atoms with E-state index < -0.39 is 5.97 Å². The predicted molar refractivity (Wildman–Crippen MR) is 149 cm³/mol. The fourth-order valence-corrected chi connectivity index (χ4v) is 4.33. The topological polar surface area (TPSA) is 141 Å². The van der Waals surface area contributed by atoms with E-state index in [4.69, 9.17) is 16.6 Å². The highest BCUT2D eigenvalue weighted by atomic mass is 32.1. The molecule has 1 aliphatic heterocycles. The third-order valence-corrected chi connectivity index (χ3v) is 6.00. The number of hydrogen-bond acceptors (Lipinski definition) is 7. The van der Waals surface area contributed by atoms with Crippen LogP contribution in [0.5, 0.6) is 5.75 Å². The second-order valence-electron chi connectivity index (χ2n) is 8.09. The van der Waals surface area contributed by atoms with E-state index in [1.54, 1.807) is 24.3 Å². The maximum absolute atomic E-state index is 12.3. The molecule has 1 heterocycles. The van der Waals surface area contributed by atoms with Gasteiger partial charge in [-0.3, -0.25) is 9.59 Å². The number of benzene rings is 3. The fraction of sp³-hybridized carbons (Fsp3) is 0.154. The largest absolute Gasteiger partial charge is 0.508 e. The molecule has 1 amide bonds. The van der Waals surface area contributed by atoms with Gasteiger partial charge in [0.25, 0.3) is 0 Å². The molecule has 0 bridgehead atoms. The van der Waals surface area contributed by atoms with Crippen molar-refractivity contribution in [1.29, 1.82) is 0 Å². The Balaban J connectivity index is 1.66. The summed E-state index contributed by atoms with van der Waals surface area (Å²) < 4.78 is 5.85. The summed E-state index contributed by atoms with van der Waals surface area (Å²) in [4.78, 5) is 35.8. The standard InChI is InChI=1S/C26H23N3O6S2/c30-15-2-5-18-21(12-15)35-22-13-16(31)3-6-19(22)24(18)17-4-1-14(11-20(17)25(33)34)29-26(37)28-9-8-27-23(32)7-10-36/h1-6,11-13,30,36H,7-10H2,(H,27,32)(H,33,34)(H2,28,29,37). The van der Waals surface area contributed by atoms with E-state index in [2.05, 4.69) is 28.6 Å². The number of aromatic hydroxyl groups is 1. The molecular weight excluding hydrogens is 514 g/mol. The zero-order chi connectivity index (χ0) is 26.5. The molecule has 2 aliphatic rings. The van der Waals surface area contributed by atoms with Crippen LogP contribution in [0.3, 0.4) is 0 Å². The Hall–Kier alpha value is -4.09. The Morgan fingerprint density at radius 2 is 1.73 bits per heavy atom. The number of rotatable bonds is 8. The van der Waals surface area contributed by atoms with Crippen LogP contribution >= 0.6 is 24.8 Å². The van der Waals surface area contributed by atoms with Gasteiger partial charge in [0.15, 0.2) is 10.5 Å². The Labute approximate surface area is 222 Å². The summed E-state index contributed by atoms with van der Waals surface area (Å²) in [5, 5.41) is 29.5. The summed E-state index contributed by atoms with van der Waals surface area (Å²) in [6, 6.07) is 13.6. The molecule has 0 unspecified atom stereocenters. The van der Waals surface area contributed by atoms with Crippen LogP contribution in [-0.2, 0) is 4.79 Å². The van der Waals surface area contributed by atoms with Gasteiger partial charge >= 0.3 is 5.97 Å². The van der Waals surface area contributed by atoms with E-state index >= 15 is 0 Å². The van der Waals surface area contributed by atoms with Gasteiger partial charge in [-0.1, -0.05) is 6.07 Å². The van der Waals surface area contributed by atoms with E-state index in [0.717, 1.165) is 0 Å². The van der Waals surface area contributed by atoms with Crippen molar-refractivity contribution in [3.05, 3.63) is 70.4 Å². The molecule has 5 N–H and O–H groups in total. The van der Waals surface area contributed by atoms with Crippen LogP contribution in [0, 0.1) is 0 Å². The Bertz CT molecular complexity index is 1530. The minimum atomic E-state index is -1.16. The number of fused-ring (bicyclic) bond motifs is 2. The van der Waals surface area contributed by atoms with Crippen molar-refractivity contribution < 1.29 is 24.2 Å². The number of carbonyl (C=O) groups excluding carboxylic acids is 1. The normalized spacial score (nSPS) is 10.8. The summed E-state index contributed by atoms with van der Waals surface area (Å²) in [7, 11) is 0. The first-order valence-corrected chi connectivity index (χ1v) is 12.3. The van der Waals surface area contributed by atoms with Crippen molar-refractivity contribution in [1.82, 2.24) is 10.6 Å². The zero-order valence-corrected chi connectivity index (χ0v) is 21.1. The lowest BCUT2D eigenvalue weighted by atomic mass is 9.90. The molecule has 37 heavy (non-hydrogen) atoms. The molecule has 0 fully saturated rings. The van der Waals surface area contributed by atoms with Crippen molar-refractivity contribution in [3.8, 4) is 28.2 Å². The second-order valence-corrected chi connectivity index (χ2v) is 8.94. The quantitative estimate of drug-likeness (QED) is 0.0859. The summed E-state index contributed by atoms with van der Waals surface area (Å²) in [5.41, 5.74) is 2.00. The van der Waals surface area contributed by atoms with Gasteiger partial charge in [-0.15, -0.1) is 0 Å². The van der Waals surface area contributed by atoms with Gasteiger partial charge in [-0.05, 0) is 59.9 Å². The lowest BCUT2D eigenvalue weighted by molar-refractivity contribution is -0.120. The number of nitrogens with one attached hydrogen (secondary N) is 3. The van der Waals surface area contributed by atoms with Gasteiger partial charge in [0, 0.05) is 53.8 Å². The molecule has 11 heteroatoms. The van der Waals surface area contributed by atoms with Crippen LogP contribution in [0.2, 0.25) is 0 Å². The molecule has 4 rings (SSSR count). The molecular formula is C26H23N3O6S2. The third kappa shape index (κ3) is 6.01. The van der Waals surface area contributed by atoms with Crippen LogP contribution in [0.15, 0.2) is 63.8 Å². The van der Waals surface area contributed by atoms with Gasteiger partial charge in [0.2, 0.25) is 5.91 Å². The summed E-state index contributed by atoms with van der Waals surface area (Å²) in [5.74, 6) is -0.559. The molecule has 9 nitrogen and oxygen atoms in total. The number of thiol groups is 1. The van der Waals surface area contributed by atoms with Gasteiger partial charge in [0.1, 0.15) is 17.1 Å². The number of amides is 1. The van der Waals surface area contributed by atoms with E-state index in [0.29, 0.717) is 58.6 Å². The van der Waals surface area contributed by atoms with Crippen molar-refractivity contribution in [2.24, 2.45) is 0 Å². The molecule has 0 spiro atoms. The smallest absolute Gasteiger partial charge is 0.336 e. The maximum Gasteiger partial charge on any atom is 0.336 e. The second kappa shape index (κ2) is 11.3. The summed E-state index contributed by atoms with van der Waals surface area (Å²) >= 11 is 9.31. The van der Waals surface area contributed by atoms with Gasteiger partial charge in [0.05, 0.1) is 5.56 Å². The fourth-order valence-electron chi connectivity index (χ4n) is 3.91. The monoisotopic (exact) mass is 537 g/mol. The number of phenolic OH excluding ortho intramolecular Hbond substituents is 1. The molecule has 190 valence electrons. The van der Waals surface area contributed by atoms with E-state index in [9.17, 15) is 24.6 Å². The number of thiocarbonyl (C=S) groups is 1. The summed E-state index contributed by atoms with van der Waals surface area (Å²) in [6.45, 7) is 0.752. The maximum atomic E-state index is 12.3. The van der Waals surface area contributed by atoms with Gasteiger partial charge in [-0.25, -0.2) is 4.79 Å². The predicted octanol–water partition coefficient (Wildman–Crippen LogP) is 3.69. The first-order chi connectivity index (χ1) is 17.8. The first kappa shape index (κ1) is 26.0. The molecule has 2 aromatic rings. The third-order valence-electron chi connectivity index (χ3n) is 5.53. The number of anilines is 1. The minimum Gasteiger partial charge on any atom is -0.508 e. The number of carboxylic acids is 1. The van der Waals surface area contributed by atoms with Crippen molar-refractivity contribution >= 4 is 58.5 Å². The van der Waals surface area contributed by atoms with Crippen molar-refractivity contribution in [3.63, 3.8) is 0 Å². The van der Waals surface area contributed by atoms with Crippen LogP contribution < -0.4 is 21.4 Å². The Morgan fingerprint density at radius 1 is 0.973 bits per heavy atom. The molecule has 0 saturated carbocycles. The Kier molecular flexibility index (Phi) is 7.95. The highest BCUT2D eigenvalue weighted by Gasteiger charge is 2.22. The van der Waals surface area contributed by atoms with Crippen molar-refractivity contribution in [2.75, 3.05) is 24.2 Å². The molecule has 0 aromatic heterocycles. The van der Waals surface area contributed by atoms with E-state index in [1.165, 1.54) is 30.3 Å². The van der Waals surface area contributed by atoms with E-state index in [-0.39, 0.29) is 33.5 Å². The molecule has 0 saturated heterocycles. The Morgan fingerprint density at radius 3 is 2.49 bits per heavy atom. The molecule has 0 atom stereocenters. The summed E-state index contributed by atoms with van der Waals surface area (Å²) in [6.07, 6.45) is 0.329. The van der Waals surface area contributed by atoms with Crippen molar-refractivity contribution in [2.45, 2.75) is 6.42 Å². The SMILES string of the molecule is O=C(CCS)NCCNC(=S)Nc1ccc(-c2c3ccc(=O)cc-3oc3cc(O)ccc23)c(C(=O)O)c1. The zero-order valence-electron chi connectivity index (χ0n) is 19.4. The lowest BCUT2D eigenvalue weighted by Crippen LogP contribution is -2.36. The number of carboxylic acid groups (broad SMARTS) is 1. The minimum absolute atomic E-state index is 0.0000988. The number of aromatic carboxylic acids is 1. The molecule has 2 aromatic carbocycles. The van der Waals surface area contributed by atoms with E-state index in [1.807, 2.05) is 0 Å². The van der Waals surface area contributed by atoms with Gasteiger partial charge in [-0.2, -0.15) is 12.6 Å². The average Bonchev–Trinajstić information content (AvgIpc) is 2.85. The average molecular weight is 538 g/mol. The molecule has 1 aliphatic carbocycles. The number of phenols is 1. The first-order valence-electron chi connectivity index (χ1n) is 11.3. The highest BCUT2D eigenvalue weighted by Crippen LogP contribution is 2.42. The highest BCUT2D eigenvalue weighted by molar-refractivity contribution is 7.80. The van der Waals surface area contributed by atoms with Gasteiger partial charge < -0.3 is 30.6 Å². The van der Waals surface area contributed by atoms with Crippen LogP contribution in [0.25, 0.3) is 33.4 Å². The van der Waals surface area contributed by atoms with Crippen LogP contribution in [0.4, 0.5) is 5.69 Å². The number of carbonyl (C=O) groups is 2. The van der Waals surface area contributed by atoms with Crippen LogP contribution in [0.1, 0.15) is 16.8 Å². The number of hydrogen-bond donors (Lipinski definition) is 6. The lowest BCUT2D eigenvalue weighted by Gasteiger charge is -2.18.